The van der Waals surface area contributed by atoms with Gasteiger partial charge in [-0.15, -0.1) is 0 Å². The molecular formula is C22H29N3. The Kier molecular flexibility index (Phi) is 5.16. The van der Waals surface area contributed by atoms with Gasteiger partial charge < -0.3 is 5.32 Å². The molecule has 0 radical (unpaired) electrons. The van der Waals surface area contributed by atoms with E-state index < -0.39 is 0 Å². The van der Waals surface area contributed by atoms with Crippen LogP contribution in [0, 0.1) is 11.8 Å². The van der Waals surface area contributed by atoms with Gasteiger partial charge in [-0.1, -0.05) is 60.7 Å². The van der Waals surface area contributed by atoms with Crippen molar-refractivity contribution in [1.29, 1.82) is 0 Å². The first-order chi connectivity index (χ1) is 12.3. The normalized spacial score (nSPS) is 27.3. The third-order valence-corrected chi connectivity index (χ3v) is 5.82. The number of likely N-dealkylation sites (tertiary alicyclic amines) is 2. The van der Waals surface area contributed by atoms with Crippen molar-refractivity contribution >= 4 is 0 Å². The maximum atomic E-state index is 3.62. The number of benzene rings is 2. The Hall–Kier alpha value is -1.68. The van der Waals surface area contributed by atoms with E-state index >= 15 is 0 Å². The van der Waals surface area contributed by atoms with Gasteiger partial charge >= 0.3 is 0 Å². The van der Waals surface area contributed by atoms with Gasteiger partial charge in [0.25, 0.3) is 0 Å². The quantitative estimate of drug-likeness (QED) is 0.906. The van der Waals surface area contributed by atoms with E-state index in [9.17, 15) is 0 Å². The van der Waals surface area contributed by atoms with Crippen LogP contribution in [0.15, 0.2) is 60.7 Å². The molecule has 132 valence electrons. The predicted molar refractivity (Wildman–Crippen MR) is 103 cm³/mol. The Bertz CT molecular complexity index is 588. The number of piperidine rings is 2. The van der Waals surface area contributed by atoms with Gasteiger partial charge in [-0.3, -0.25) is 9.80 Å². The summed E-state index contributed by atoms with van der Waals surface area (Å²) < 4.78 is 0. The van der Waals surface area contributed by atoms with Crippen molar-refractivity contribution in [1.82, 2.24) is 15.1 Å². The molecule has 0 unspecified atom stereocenters. The third-order valence-electron chi connectivity index (χ3n) is 5.82. The molecule has 1 N–H and O–H groups in total. The van der Waals surface area contributed by atoms with Crippen molar-refractivity contribution in [2.75, 3.05) is 33.2 Å². The molecule has 0 amide bonds. The lowest BCUT2D eigenvalue weighted by Crippen LogP contribution is -2.63. The van der Waals surface area contributed by atoms with Gasteiger partial charge in [0.05, 0.1) is 0 Å². The molecule has 2 fully saturated rings. The van der Waals surface area contributed by atoms with E-state index in [0.29, 0.717) is 17.9 Å². The molecule has 2 bridgehead atoms. The van der Waals surface area contributed by atoms with Crippen molar-refractivity contribution in [3.63, 3.8) is 0 Å². The molecule has 3 nitrogen and oxygen atoms in total. The van der Waals surface area contributed by atoms with Crippen LogP contribution in [0.2, 0.25) is 0 Å². The molecule has 0 saturated carbocycles. The monoisotopic (exact) mass is 335 g/mol. The Balaban J connectivity index is 1.42. The fourth-order valence-electron chi connectivity index (χ4n) is 4.84. The van der Waals surface area contributed by atoms with Crippen LogP contribution in [0.5, 0.6) is 0 Å². The molecule has 3 heteroatoms. The summed E-state index contributed by atoms with van der Waals surface area (Å²) in [5.74, 6) is 1.43. The summed E-state index contributed by atoms with van der Waals surface area (Å²) in [5, 5.41) is 3.62. The number of fused-ring (bicyclic) bond motifs is 2. The van der Waals surface area contributed by atoms with Gasteiger partial charge in [0, 0.05) is 45.3 Å². The fraction of sp³-hybridized carbons (Fsp3) is 0.455. The average Bonchev–Trinajstić information content (AvgIpc) is 2.62. The van der Waals surface area contributed by atoms with Crippen LogP contribution in [0.3, 0.4) is 0 Å². The number of rotatable bonds is 5. The molecule has 4 rings (SSSR count). The van der Waals surface area contributed by atoms with E-state index in [2.05, 4.69) is 82.8 Å². The van der Waals surface area contributed by atoms with Gasteiger partial charge in [-0.2, -0.15) is 0 Å². The van der Waals surface area contributed by atoms with Crippen LogP contribution in [-0.2, 0) is 13.1 Å². The SMILES string of the molecule is CNC1C2CN(Cc3ccccc3)CC1CN(Cc1ccccc1)C2. The van der Waals surface area contributed by atoms with E-state index in [4.69, 9.17) is 0 Å². The van der Waals surface area contributed by atoms with Gasteiger partial charge in [0.2, 0.25) is 0 Å². The molecule has 0 atom stereocenters. The fourth-order valence-corrected chi connectivity index (χ4v) is 4.84. The first-order valence-corrected chi connectivity index (χ1v) is 9.51. The lowest BCUT2D eigenvalue weighted by Gasteiger charge is -2.51. The van der Waals surface area contributed by atoms with E-state index in [-0.39, 0.29) is 0 Å². The zero-order valence-electron chi connectivity index (χ0n) is 15.1. The van der Waals surface area contributed by atoms with Crippen molar-refractivity contribution in [2.45, 2.75) is 19.1 Å². The molecule has 2 aliphatic heterocycles. The minimum Gasteiger partial charge on any atom is -0.316 e. The molecular weight excluding hydrogens is 306 g/mol. The maximum absolute atomic E-state index is 3.62. The average molecular weight is 335 g/mol. The highest BCUT2D eigenvalue weighted by atomic mass is 15.2. The van der Waals surface area contributed by atoms with Crippen LogP contribution >= 0.6 is 0 Å². The molecule has 2 aromatic rings. The van der Waals surface area contributed by atoms with Crippen molar-refractivity contribution < 1.29 is 0 Å². The van der Waals surface area contributed by atoms with Crippen LogP contribution in [0.4, 0.5) is 0 Å². The summed E-state index contributed by atoms with van der Waals surface area (Å²) in [6, 6.07) is 22.5. The second kappa shape index (κ2) is 7.69. The largest absolute Gasteiger partial charge is 0.316 e. The number of nitrogens with one attached hydrogen (secondary N) is 1. The summed E-state index contributed by atoms with van der Waals surface area (Å²) in [6.07, 6.45) is 0. The summed E-state index contributed by atoms with van der Waals surface area (Å²) in [4.78, 5) is 5.33. The smallest absolute Gasteiger partial charge is 0.0234 e. The standard InChI is InChI=1S/C22H29N3/c1-23-22-20-14-24(12-18-8-4-2-5-9-18)15-21(22)17-25(16-20)13-19-10-6-3-7-11-19/h2-11,20-23H,12-17H2,1H3. The summed E-state index contributed by atoms with van der Waals surface area (Å²) >= 11 is 0. The highest BCUT2D eigenvalue weighted by Gasteiger charge is 2.41. The van der Waals surface area contributed by atoms with E-state index in [0.717, 1.165) is 13.1 Å². The van der Waals surface area contributed by atoms with Crippen LogP contribution in [0.1, 0.15) is 11.1 Å². The topological polar surface area (TPSA) is 18.5 Å². The van der Waals surface area contributed by atoms with Crippen molar-refractivity contribution in [2.24, 2.45) is 11.8 Å². The van der Waals surface area contributed by atoms with Crippen LogP contribution in [0.25, 0.3) is 0 Å². The van der Waals surface area contributed by atoms with Crippen LogP contribution < -0.4 is 5.32 Å². The van der Waals surface area contributed by atoms with E-state index in [1.54, 1.807) is 0 Å². The predicted octanol–water partition coefficient (Wildman–Crippen LogP) is 2.84. The highest BCUT2D eigenvalue weighted by Crippen LogP contribution is 2.30. The highest BCUT2D eigenvalue weighted by molar-refractivity contribution is 5.16. The number of nitrogens with zero attached hydrogens (tertiary/aromatic N) is 2. The molecule has 0 aromatic heterocycles. The third kappa shape index (κ3) is 3.95. The Morgan fingerprint density at radius 3 is 1.48 bits per heavy atom. The zero-order chi connectivity index (χ0) is 17.1. The Morgan fingerprint density at radius 2 is 1.12 bits per heavy atom. The molecule has 25 heavy (non-hydrogen) atoms. The van der Waals surface area contributed by atoms with Crippen molar-refractivity contribution in [3.8, 4) is 0 Å². The van der Waals surface area contributed by atoms with Gasteiger partial charge in [-0.25, -0.2) is 0 Å². The molecule has 0 aliphatic carbocycles. The summed E-state index contributed by atoms with van der Waals surface area (Å²) in [7, 11) is 2.14. The molecule has 0 spiro atoms. The van der Waals surface area contributed by atoms with Crippen LogP contribution in [-0.4, -0.2) is 49.1 Å². The minimum atomic E-state index is 0.666. The van der Waals surface area contributed by atoms with E-state index in [1.165, 1.54) is 37.3 Å². The zero-order valence-corrected chi connectivity index (χ0v) is 15.1. The minimum absolute atomic E-state index is 0.666. The second-order valence-electron chi connectivity index (χ2n) is 7.69. The molecule has 2 saturated heterocycles. The summed E-state index contributed by atoms with van der Waals surface area (Å²) in [5.41, 5.74) is 2.87. The molecule has 2 aromatic carbocycles. The number of hydrogen-bond donors (Lipinski definition) is 1. The summed E-state index contributed by atoms with van der Waals surface area (Å²) in [6.45, 7) is 6.96. The lowest BCUT2D eigenvalue weighted by molar-refractivity contribution is -0.00403. The second-order valence-corrected chi connectivity index (χ2v) is 7.69. The maximum Gasteiger partial charge on any atom is 0.0234 e. The van der Waals surface area contributed by atoms with Gasteiger partial charge in [0.1, 0.15) is 0 Å². The molecule has 2 heterocycles. The Labute approximate surface area is 151 Å². The molecule has 2 aliphatic rings. The number of hydrogen-bond acceptors (Lipinski definition) is 3. The lowest BCUT2D eigenvalue weighted by atomic mass is 9.79. The Morgan fingerprint density at radius 1 is 0.720 bits per heavy atom. The first kappa shape index (κ1) is 16.8. The van der Waals surface area contributed by atoms with E-state index in [1.807, 2.05) is 0 Å². The van der Waals surface area contributed by atoms with Gasteiger partial charge in [0.15, 0.2) is 0 Å². The first-order valence-electron chi connectivity index (χ1n) is 9.51. The van der Waals surface area contributed by atoms with Crippen molar-refractivity contribution in [3.05, 3.63) is 71.8 Å². The van der Waals surface area contributed by atoms with Gasteiger partial charge in [-0.05, 0) is 30.0 Å².